The van der Waals surface area contributed by atoms with E-state index in [0.29, 0.717) is 0 Å². The third-order valence-corrected chi connectivity index (χ3v) is 0.878. The second kappa shape index (κ2) is 3.66. The summed E-state index contributed by atoms with van der Waals surface area (Å²) in [4.78, 5) is 0. The lowest BCUT2D eigenvalue weighted by molar-refractivity contribution is 1.23. The number of hydrogen-bond acceptors (Lipinski definition) is 0. The van der Waals surface area contributed by atoms with Gasteiger partial charge in [-0.15, -0.1) is 0 Å². The third-order valence-electron chi connectivity index (χ3n) is 0.878. The molecule has 0 aliphatic heterocycles. The van der Waals surface area contributed by atoms with Gasteiger partial charge in [-0.1, -0.05) is 31.7 Å². The molecule has 1 aliphatic rings. The van der Waals surface area contributed by atoms with Crippen molar-refractivity contribution >= 4 is 0 Å². The summed E-state index contributed by atoms with van der Waals surface area (Å²) in [5.74, 6) is 0. The zero-order valence-corrected chi connectivity index (χ0v) is 3.72. The van der Waals surface area contributed by atoms with Crippen molar-refractivity contribution in [2.24, 2.45) is 0 Å². The summed E-state index contributed by atoms with van der Waals surface area (Å²) >= 11 is 0. The van der Waals surface area contributed by atoms with E-state index >= 15 is 0 Å². The molecule has 0 bridgehead atoms. The average Bonchev–Trinajstić information content (AvgIpc) is 1.72. The van der Waals surface area contributed by atoms with Crippen molar-refractivity contribution in [2.45, 2.75) is 20.3 Å². The molecule has 0 saturated heterocycles. The number of allylic oxidation sites excluding steroid dienone is 4. The van der Waals surface area contributed by atoms with Gasteiger partial charge in [-0.05, 0) is 12.8 Å². The molecule has 0 N–H and O–H groups in total. The first-order chi connectivity index (χ1) is 3.00. The van der Waals surface area contributed by atoms with Gasteiger partial charge in [0.1, 0.15) is 0 Å². The summed E-state index contributed by atoms with van der Waals surface area (Å²) in [6.07, 6.45) is 11.0. The van der Waals surface area contributed by atoms with E-state index in [9.17, 15) is 0 Å². The first kappa shape index (κ1) is 6.48. The molecule has 0 unspecified atom stereocenters. The first-order valence-electron chi connectivity index (χ1n) is 2.30. The molecule has 0 atom stereocenters. The van der Waals surface area contributed by atoms with E-state index in [1.165, 1.54) is 0 Å². The Bertz CT molecular complexity index is 58.0. The highest BCUT2D eigenvalue weighted by atomic mass is 13.8. The van der Waals surface area contributed by atoms with Crippen LogP contribution in [0, 0.1) is 0 Å². The van der Waals surface area contributed by atoms with Crippen LogP contribution >= 0.6 is 0 Å². The van der Waals surface area contributed by atoms with Gasteiger partial charge in [0.05, 0.1) is 0 Å². The molecule has 0 spiro atoms. The van der Waals surface area contributed by atoms with E-state index in [4.69, 9.17) is 0 Å². The second-order valence-electron chi connectivity index (χ2n) is 1.41. The molecule has 0 aromatic rings. The summed E-state index contributed by atoms with van der Waals surface area (Å²) in [6.45, 7) is 0. The summed E-state index contributed by atoms with van der Waals surface area (Å²) in [6, 6.07) is 0. The van der Waals surface area contributed by atoms with E-state index in [1.807, 2.05) is 0 Å². The monoisotopic (exact) mass is 96.1 g/mol. The van der Waals surface area contributed by atoms with Gasteiger partial charge in [0.15, 0.2) is 0 Å². The van der Waals surface area contributed by atoms with Crippen molar-refractivity contribution in [1.29, 1.82) is 0 Å². The van der Waals surface area contributed by atoms with Crippen molar-refractivity contribution < 1.29 is 0 Å². The van der Waals surface area contributed by atoms with Crippen LogP contribution < -0.4 is 0 Å². The van der Waals surface area contributed by atoms with Gasteiger partial charge < -0.3 is 0 Å². The maximum absolute atomic E-state index is 2.18. The quantitative estimate of drug-likeness (QED) is 0.406. The normalized spacial score (nSPS) is 16.0. The van der Waals surface area contributed by atoms with Crippen molar-refractivity contribution in [1.82, 2.24) is 0 Å². The molecule has 1 rings (SSSR count). The van der Waals surface area contributed by atoms with Gasteiger partial charge >= 0.3 is 0 Å². The highest BCUT2D eigenvalue weighted by molar-refractivity contribution is 5.02. The Hall–Kier alpha value is -0.520. The highest BCUT2D eigenvalue weighted by Gasteiger charge is 1.76. The van der Waals surface area contributed by atoms with E-state index < -0.39 is 0 Å². The SMILES string of the molecule is C.C1=CCC=CC1. The maximum Gasteiger partial charge on any atom is -0.0169 e. The first-order valence-corrected chi connectivity index (χ1v) is 2.30. The van der Waals surface area contributed by atoms with Crippen LogP contribution in [-0.4, -0.2) is 0 Å². The minimum atomic E-state index is 0. The van der Waals surface area contributed by atoms with Gasteiger partial charge in [0.2, 0.25) is 0 Å². The van der Waals surface area contributed by atoms with Crippen LogP contribution in [0.25, 0.3) is 0 Å². The largest absolute Gasteiger partial charge is 0.0844 e. The highest BCUT2D eigenvalue weighted by Crippen LogP contribution is 1.97. The van der Waals surface area contributed by atoms with Crippen LogP contribution in [0.3, 0.4) is 0 Å². The number of hydrogen-bond donors (Lipinski definition) is 0. The predicted octanol–water partition coefficient (Wildman–Crippen LogP) is 2.53. The predicted molar refractivity (Wildman–Crippen MR) is 34.2 cm³/mol. The minimum absolute atomic E-state index is 0. The standard InChI is InChI=1S/C6H8.CH4/c1-2-4-6-5-3-1;/h1-2,5-6H,3-4H2;1H4. The van der Waals surface area contributed by atoms with E-state index in [0.717, 1.165) is 12.8 Å². The molecule has 0 aromatic carbocycles. The van der Waals surface area contributed by atoms with E-state index in [2.05, 4.69) is 24.3 Å². The smallest absolute Gasteiger partial charge is 0.0169 e. The van der Waals surface area contributed by atoms with Gasteiger partial charge in [0.25, 0.3) is 0 Å². The average molecular weight is 96.2 g/mol. The zero-order chi connectivity index (χ0) is 4.24. The van der Waals surface area contributed by atoms with Crippen molar-refractivity contribution in [3.63, 3.8) is 0 Å². The van der Waals surface area contributed by atoms with Crippen molar-refractivity contribution in [3.8, 4) is 0 Å². The molecule has 0 saturated carbocycles. The lowest BCUT2D eigenvalue weighted by Gasteiger charge is -1.87. The van der Waals surface area contributed by atoms with Crippen molar-refractivity contribution in [2.75, 3.05) is 0 Å². The van der Waals surface area contributed by atoms with Crippen LogP contribution in [0.4, 0.5) is 0 Å². The molecule has 1 aliphatic carbocycles. The Morgan fingerprint density at radius 3 is 1.14 bits per heavy atom. The summed E-state index contributed by atoms with van der Waals surface area (Å²) in [5.41, 5.74) is 0. The molecule has 0 heteroatoms. The molecular formula is C7H12. The fourth-order valence-electron chi connectivity index (χ4n) is 0.542. The van der Waals surface area contributed by atoms with Crippen LogP contribution in [0.15, 0.2) is 24.3 Å². The lowest BCUT2D eigenvalue weighted by Crippen LogP contribution is -1.66. The Morgan fingerprint density at radius 2 is 1.00 bits per heavy atom. The van der Waals surface area contributed by atoms with Gasteiger partial charge in [-0.3, -0.25) is 0 Å². The third kappa shape index (κ3) is 2.21. The number of rotatable bonds is 0. The Morgan fingerprint density at radius 1 is 0.714 bits per heavy atom. The van der Waals surface area contributed by atoms with E-state index in [-0.39, 0.29) is 7.43 Å². The zero-order valence-electron chi connectivity index (χ0n) is 3.72. The van der Waals surface area contributed by atoms with Crippen LogP contribution in [0.2, 0.25) is 0 Å². The molecule has 0 amide bonds. The topological polar surface area (TPSA) is 0 Å². The van der Waals surface area contributed by atoms with Gasteiger partial charge in [0, 0.05) is 0 Å². The Labute approximate surface area is 45.5 Å². The van der Waals surface area contributed by atoms with Gasteiger partial charge in [-0.25, -0.2) is 0 Å². The molecule has 40 valence electrons. The summed E-state index contributed by atoms with van der Waals surface area (Å²) < 4.78 is 0. The molecule has 7 heavy (non-hydrogen) atoms. The van der Waals surface area contributed by atoms with Crippen LogP contribution in [0.1, 0.15) is 20.3 Å². The van der Waals surface area contributed by atoms with Gasteiger partial charge in [-0.2, -0.15) is 0 Å². The van der Waals surface area contributed by atoms with Crippen LogP contribution in [0.5, 0.6) is 0 Å². The van der Waals surface area contributed by atoms with E-state index in [1.54, 1.807) is 0 Å². The summed E-state index contributed by atoms with van der Waals surface area (Å²) in [7, 11) is 0. The maximum atomic E-state index is 2.18. The fourth-order valence-corrected chi connectivity index (χ4v) is 0.542. The lowest BCUT2D eigenvalue weighted by atomic mass is 10.2. The fraction of sp³-hybridized carbons (Fsp3) is 0.429. The Balaban J connectivity index is 0.000000360. The molecule has 0 radical (unpaired) electrons. The molecular weight excluding hydrogens is 84.1 g/mol. The minimum Gasteiger partial charge on any atom is -0.0844 e. The summed E-state index contributed by atoms with van der Waals surface area (Å²) in [5, 5.41) is 0. The van der Waals surface area contributed by atoms with Crippen molar-refractivity contribution in [3.05, 3.63) is 24.3 Å². The molecule has 0 aromatic heterocycles. The molecule has 0 nitrogen and oxygen atoms in total. The molecule has 0 fully saturated rings. The molecule has 0 heterocycles. The second-order valence-corrected chi connectivity index (χ2v) is 1.41. The van der Waals surface area contributed by atoms with Crippen LogP contribution in [-0.2, 0) is 0 Å². The Kier molecular flexibility index (Phi) is 3.39.